The van der Waals surface area contributed by atoms with Crippen molar-refractivity contribution in [2.45, 2.75) is 38.5 Å². The summed E-state index contributed by atoms with van der Waals surface area (Å²) in [5.74, 6) is 1.08. The molecule has 0 N–H and O–H groups in total. The predicted octanol–water partition coefficient (Wildman–Crippen LogP) is 3.41. The molecule has 1 aliphatic rings. The molecular formula is C15H15FN2O2. The Kier molecular flexibility index (Phi) is 3.34. The third kappa shape index (κ3) is 2.48. The Bertz CT molecular complexity index is 641. The average Bonchev–Trinajstić information content (AvgIpc) is 2.92. The molecule has 0 amide bonds. The standard InChI is InChI=1S/C15H15FN2O2/c1-9-2-5-11(16)8-13(9)14-17-15(20-18-14)10-3-6-12(19)7-4-10/h2,5,8,10H,3-4,6-7H2,1H3. The first-order chi connectivity index (χ1) is 9.63. The monoisotopic (exact) mass is 274 g/mol. The van der Waals surface area contributed by atoms with E-state index in [1.54, 1.807) is 6.07 Å². The van der Waals surface area contributed by atoms with Crippen LogP contribution in [0.25, 0.3) is 11.4 Å². The molecule has 1 aromatic carbocycles. The second kappa shape index (κ2) is 5.15. The number of halogens is 1. The second-order valence-corrected chi connectivity index (χ2v) is 5.23. The third-order valence-electron chi connectivity index (χ3n) is 3.77. The van der Waals surface area contributed by atoms with Gasteiger partial charge in [-0.15, -0.1) is 0 Å². The fraction of sp³-hybridized carbons (Fsp3) is 0.400. The summed E-state index contributed by atoms with van der Waals surface area (Å²) in [6, 6.07) is 4.51. The molecule has 0 aliphatic heterocycles. The number of rotatable bonds is 2. The van der Waals surface area contributed by atoms with E-state index in [9.17, 15) is 9.18 Å². The minimum absolute atomic E-state index is 0.141. The van der Waals surface area contributed by atoms with E-state index in [1.807, 2.05) is 6.92 Å². The molecule has 104 valence electrons. The van der Waals surface area contributed by atoms with Gasteiger partial charge in [0, 0.05) is 24.3 Å². The van der Waals surface area contributed by atoms with Crippen LogP contribution in [0, 0.1) is 12.7 Å². The van der Waals surface area contributed by atoms with Gasteiger partial charge in [0.2, 0.25) is 11.7 Å². The molecule has 0 unspecified atom stereocenters. The Morgan fingerprint density at radius 3 is 2.80 bits per heavy atom. The second-order valence-electron chi connectivity index (χ2n) is 5.23. The number of aryl methyl sites for hydroxylation is 1. The Morgan fingerprint density at radius 2 is 2.05 bits per heavy atom. The highest BCUT2D eigenvalue weighted by atomic mass is 19.1. The van der Waals surface area contributed by atoms with E-state index >= 15 is 0 Å². The molecule has 4 nitrogen and oxygen atoms in total. The first kappa shape index (κ1) is 13.0. The van der Waals surface area contributed by atoms with Gasteiger partial charge in [-0.25, -0.2) is 4.39 Å². The van der Waals surface area contributed by atoms with E-state index in [0.717, 1.165) is 18.4 Å². The zero-order chi connectivity index (χ0) is 14.1. The maximum atomic E-state index is 13.3. The van der Waals surface area contributed by atoms with Crippen molar-refractivity contribution in [2.24, 2.45) is 0 Å². The zero-order valence-corrected chi connectivity index (χ0v) is 11.2. The van der Waals surface area contributed by atoms with Crippen molar-refractivity contribution in [1.82, 2.24) is 10.1 Å². The summed E-state index contributed by atoms with van der Waals surface area (Å²) in [5, 5.41) is 3.94. The van der Waals surface area contributed by atoms with E-state index < -0.39 is 0 Å². The van der Waals surface area contributed by atoms with E-state index in [4.69, 9.17) is 4.52 Å². The van der Waals surface area contributed by atoms with Crippen LogP contribution >= 0.6 is 0 Å². The van der Waals surface area contributed by atoms with E-state index in [1.165, 1.54) is 12.1 Å². The third-order valence-corrected chi connectivity index (χ3v) is 3.77. The summed E-state index contributed by atoms with van der Waals surface area (Å²) in [7, 11) is 0. The van der Waals surface area contributed by atoms with Crippen molar-refractivity contribution in [1.29, 1.82) is 0 Å². The largest absolute Gasteiger partial charge is 0.339 e. The van der Waals surface area contributed by atoms with Crippen molar-refractivity contribution in [3.8, 4) is 11.4 Å². The number of aromatic nitrogens is 2. The van der Waals surface area contributed by atoms with E-state index in [0.29, 0.717) is 35.9 Å². The highest BCUT2D eigenvalue weighted by Gasteiger charge is 2.25. The predicted molar refractivity (Wildman–Crippen MR) is 70.6 cm³/mol. The van der Waals surface area contributed by atoms with Gasteiger partial charge in [0.25, 0.3) is 0 Å². The minimum atomic E-state index is -0.319. The molecular weight excluding hydrogens is 259 g/mol. The highest BCUT2D eigenvalue weighted by molar-refractivity contribution is 5.79. The van der Waals surface area contributed by atoms with Gasteiger partial charge in [0.15, 0.2) is 0 Å². The zero-order valence-electron chi connectivity index (χ0n) is 11.2. The molecule has 0 spiro atoms. The van der Waals surface area contributed by atoms with Gasteiger partial charge in [-0.1, -0.05) is 11.2 Å². The van der Waals surface area contributed by atoms with Crippen molar-refractivity contribution < 1.29 is 13.7 Å². The number of benzene rings is 1. The van der Waals surface area contributed by atoms with Crippen LogP contribution in [-0.2, 0) is 4.79 Å². The highest BCUT2D eigenvalue weighted by Crippen LogP contribution is 2.31. The first-order valence-electron chi connectivity index (χ1n) is 6.75. The fourth-order valence-corrected chi connectivity index (χ4v) is 2.53. The number of Topliss-reactive ketones (excluding diaryl/α,β-unsaturated/α-hetero) is 1. The molecule has 20 heavy (non-hydrogen) atoms. The van der Waals surface area contributed by atoms with Gasteiger partial charge in [-0.2, -0.15) is 4.98 Å². The van der Waals surface area contributed by atoms with Crippen molar-refractivity contribution in [3.63, 3.8) is 0 Å². The van der Waals surface area contributed by atoms with Crippen LogP contribution in [-0.4, -0.2) is 15.9 Å². The molecule has 3 rings (SSSR count). The molecule has 1 heterocycles. The Balaban J connectivity index is 1.86. The van der Waals surface area contributed by atoms with Gasteiger partial charge < -0.3 is 4.52 Å². The molecule has 0 atom stereocenters. The topological polar surface area (TPSA) is 56.0 Å². The van der Waals surface area contributed by atoms with Crippen molar-refractivity contribution in [3.05, 3.63) is 35.5 Å². The van der Waals surface area contributed by atoms with Crippen LogP contribution in [0.3, 0.4) is 0 Å². The van der Waals surface area contributed by atoms with Crippen LogP contribution in [0.5, 0.6) is 0 Å². The van der Waals surface area contributed by atoms with Crippen molar-refractivity contribution >= 4 is 5.78 Å². The smallest absolute Gasteiger partial charge is 0.230 e. The summed E-state index contributed by atoms with van der Waals surface area (Å²) in [5.41, 5.74) is 1.55. The quantitative estimate of drug-likeness (QED) is 0.842. The van der Waals surface area contributed by atoms with Crippen LogP contribution < -0.4 is 0 Å². The maximum absolute atomic E-state index is 13.3. The van der Waals surface area contributed by atoms with E-state index in [-0.39, 0.29) is 11.7 Å². The molecule has 1 aliphatic carbocycles. The molecule has 0 radical (unpaired) electrons. The lowest BCUT2D eigenvalue weighted by Gasteiger charge is -2.16. The molecule has 1 saturated carbocycles. The average molecular weight is 274 g/mol. The van der Waals surface area contributed by atoms with Gasteiger partial charge >= 0.3 is 0 Å². The van der Waals surface area contributed by atoms with Crippen LogP contribution in [0.15, 0.2) is 22.7 Å². The Morgan fingerprint density at radius 1 is 1.30 bits per heavy atom. The van der Waals surface area contributed by atoms with Crippen LogP contribution in [0.2, 0.25) is 0 Å². The molecule has 1 fully saturated rings. The Hall–Kier alpha value is -2.04. The number of ketones is 1. The molecule has 0 saturated heterocycles. The summed E-state index contributed by atoms with van der Waals surface area (Å²) in [6.45, 7) is 1.88. The molecule has 0 bridgehead atoms. The molecule has 2 aromatic rings. The van der Waals surface area contributed by atoms with Gasteiger partial charge in [-0.3, -0.25) is 4.79 Å². The summed E-state index contributed by atoms with van der Waals surface area (Å²) < 4.78 is 18.6. The van der Waals surface area contributed by atoms with Crippen LogP contribution in [0.4, 0.5) is 4.39 Å². The number of hydrogen-bond acceptors (Lipinski definition) is 4. The number of hydrogen-bond donors (Lipinski definition) is 0. The number of carbonyl (C=O) groups excluding carboxylic acids is 1. The lowest BCUT2D eigenvalue weighted by atomic mass is 9.88. The SMILES string of the molecule is Cc1ccc(F)cc1-c1noc(C2CCC(=O)CC2)n1. The summed E-state index contributed by atoms with van der Waals surface area (Å²) >= 11 is 0. The first-order valence-corrected chi connectivity index (χ1v) is 6.75. The van der Waals surface area contributed by atoms with Gasteiger partial charge in [-0.05, 0) is 37.5 Å². The number of carbonyl (C=O) groups is 1. The lowest BCUT2D eigenvalue weighted by Crippen LogP contribution is -2.12. The van der Waals surface area contributed by atoms with Gasteiger partial charge in [0.1, 0.15) is 11.6 Å². The van der Waals surface area contributed by atoms with Crippen LogP contribution in [0.1, 0.15) is 43.1 Å². The fourth-order valence-electron chi connectivity index (χ4n) is 2.53. The summed E-state index contributed by atoms with van der Waals surface area (Å²) in [4.78, 5) is 15.6. The maximum Gasteiger partial charge on any atom is 0.230 e. The van der Waals surface area contributed by atoms with Crippen molar-refractivity contribution in [2.75, 3.05) is 0 Å². The normalized spacial score (nSPS) is 16.6. The molecule has 1 aromatic heterocycles. The molecule has 5 heteroatoms. The Labute approximate surface area is 116 Å². The number of nitrogens with zero attached hydrogens (tertiary/aromatic N) is 2. The lowest BCUT2D eigenvalue weighted by molar-refractivity contribution is -0.120. The summed E-state index contributed by atoms with van der Waals surface area (Å²) in [6.07, 6.45) is 2.65. The van der Waals surface area contributed by atoms with E-state index in [2.05, 4.69) is 10.1 Å². The van der Waals surface area contributed by atoms with Gasteiger partial charge in [0.05, 0.1) is 0 Å². The minimum Gasteiger partial charge on any atom is -0.339 e.